The molecule has 0 radical (unpaired) electrons. The smallest absolute Gasteiger partial charge is 0.314 e. The average molecular weight is 255 g/mol. The first-order valence-electron chi connectivity index (χ1n) is 6.15. The van der Waals surface area contributed by atoms with E-state index in [1.54, 1.807) is 42.6 Å². The van der Waals surface area contributed by atoms with Gasteiger partial charge in [0.1, 0.15) is 0 Å². The minimum atomic E-state index is -0.808. The highest BCUT2D eigenvalue weighted by molar-refractivity contribution is 6.08. The highest BCUT2D eigenvalue weighted by Gasteiger charge is 2.51. The van der Waals surface area contributed by atoms with Crippen LogP contribution >= 0.6 is 0 Å². The number of carbonyl (C=O) groups excluding carboxylic acids is 1. The molecule has 1 aliphatic rings. The Morgan fingerprint density at radius 1 is 1.16 bits per heavy atom. The number of nitrogens with one attached hydrogen (secondary N) is 1. The Balaban J connectivity index is 1.97. The van der Waals surface area contributed by atoms with Gasteiger partial charge in [0.05, 0.1) is 11.1 Å². The number of ketones is 1. The first kappa shape index (κ1) is 11.7. The molecule has 0 unspecified atom stereocenters. The summed E-state index contributed by atoms with van der Waals surface area (Å²) in [6, 6.07) is 10.4. The van der Waals surface area contributed by atoms with Gasteiger partial charge in [0.15, 0.2) is 0 Å². The summed E-state index contributed by atoms with van der Waals surface area (Å²) < 4.78 is 0. The lowest BCUT2D eigenvalue weighted by molar-refractivity contribution is -0.140. The van der Waals surface area contributed by atoms with Gasteiger partial charge in [0, 0.05) is 11.8 Å². The topological polar surface area (TPSA) is 70.2 Å². The molecule has 1 heterocycles. The Kier molecular flexibility index (Phi) is 2.52. The van der Waals surface area contributed by atoms with Crippen LogP contribution in [0.4, 0.5) is 0 Å². The third-order valence-corrected chi connectivity index (χ3v) is 3.68. The fourth-order valence-electron chi connectivity index (χ4n) is 2.34. The number of benzene rings is 1. The van der Waals surface area contributed by atoms with Crippen molar-refractivity contribution in [3.63, 3.8) is 0 Å². The average Bonchev–Trinajstić information content (AvgIpc) is 3.07. The number of aliphatic carboxylic acids is 1. The van der Waals surface area contributed by atoms with Gasteiger partial charge in [0.2, 0.25) is 5.78 Å². The quantitative estimate of drug-likeness (QED) is 0.824. The highest BCUT2D eigenvalue weighted by atomic mass is 16.4. The summed E-state index contributed by atoms with van der Waals surface area (Å²) in [5, 5.41) is 9.28. The second-order valence-electron chi connectivity index (χ2n) is 4.88. The van der Waals surface area contributed by atoms with Gasteiger partial charge >= 0.3 is 5.97 Å². The fraction of sp³-hybridized carbons (Fsp3) is 0.200. The van der Waals surface area contributed by atoms with Crippen LogP contribution in [0.1, 0.15) is 34.5 Å². The van der Waals surface area contributed by atoms with E-state index < -0.39 is 11.4 Å². The third-order valence-electron chi connectivity index (χ3n) is 3.68. The van der Waals surface area contributed by atoms with Crippen molar-refractivity contribution in [1.82, 2.24) is 4.98 Å². The van der Waals surface area contributed by atoms with Gasteiger partial charge in [-0.2, -0.15) is 0 Å². The summed E-state index contributed by atoms with van der Waals surface area (Å²) in [6.45, 7) is 0. The van der Waals surface area contributed by atoms with Crippen LogP contribution in [0.2, 0.25) is 0 Å². The van der Waals surface area contributed by atoms with Crippen molar-refractivity contribution < 1.29 is 14.7 Å². The lowest BCUT2D eigenvalue weighted by Gasteiger charge is -2.11. The number of aromatic nitrogens is 1. The maximum atomic E-state index is 12.2. The highest BCUT2D eigenvalue weighted by Crippen LogP contribution is 2.48. The van der Waals surface area contributed by atoms with Crippen molar-refractivity contribution in [2.45, 2.75) is 18.3 Å². The Morgan fingerprint density at radius 2 is 1.95 bits per heavy atom. The molecule has 4 nitrogen and oxygen atoms in total. The van der Waals surface area contributed by atoms with E-state index in [2.05, 4.69) is 4.98 Å². The molecule has 96 valence electrons. The molecular formula is C15H13NO3. The molecule has 2 aromatic rings. The van der Waals surface area contributed by atoms with E-state index in [1.807, 2.05) is 0 Å². The van der Waals surface area contributed by atoms with Gasteiger partial charge in [-0.15, -0.1) is 0 Å². The van der Waals surface area contributed by atoms with E-state index in [1.165, 1.54) is 0 Å². The Morgan fingerprint density at radius 3 is 2.53 bits per heavy atom. The Labute approximate surface area is 110 Å². The van der Waals surface area contributed by atoms with E-state index in [-0.39, 0.29) is 5.78 Å². The SMILES string of the molecule is O=C(c1cccc(C2(C(=O)O)CC2)c1)c1ccc[nH]1. The van der Waals surface area contributed by atoms with Crippen molar-refractivity contribution in [3.8, 4) is 0 Å². The van der Waals surface area contributed by atoms with Gasteiger partial charge < -0.3 is 10.1 Å². The molecule has 1 fully saturated rings. The molecule has 4 heteroatoms. The lowest BCUT2D eigenvalue weighted by atomic mass is 9.93. The van der Waals surface area contributed by atoms with E-state index in [0.29, 0.717) is 24.1 Å². The normalized spacial score (nSPS) is 16.0. The first-order valence-corrected chi connectivity index (χ1v) is 6.15. The summed E-state index contributed by atoms with van der Waals surface area (Å²) >= 11 is 0. The summed E-state index contributed by atoms with van der Waals surface area (Å²) in [5.41, 5.74) is 0.980. The third kappa shape index (κ3) is 1.85. The van der Waals surface area contributed by atoms with Crippen molar-refractivity contribution >= 4 is 11.8 Å². The molecule has 0 bridgehead atoms. The number of carboxylic acids is 1. The molecule has 0 aliphatic heterocycles. The molecule has 0 amide bonds. The summed E-state index contributed by atoms with van der Waals surface area (Å²) in [4.78, 5) is 26.4. The molecule has 19 heavy (non-hydrogen) atoms. The number of carboxylic acid groups (broad SMARTS) is 1. The monoisotopic (exact) mass is 255 g/mol. The number of aromatic amines is 1. The van der Waals surface area contributed by atoms with Crippen LogP contribution in [0, 0.1) is 0 Å². The van der Waals surface area contributed by atoms with Crippen LogP contribution in [0.3, 0.4) is 0 Å². The molecule has 0 atom stereocenters. The minimum absolute atomic E-state index is 0.118. The van der Waals surface area contributed by atoms with Gasteiger partial charge in [-0.3, -0.25) is 9.59 Å². The molecule has 0 spiro atoms. The molecule has 1 aromatic carbocycles. The lowest BCUT2D eigenvalue weighted by Crippen LogP contribution is -2.20. The van der Waals surface area contributed by atoms with Gasteiger partial charge in [-0.05, 0) is 36.6 Å². The number of carbonyl (C=O) groups is 2. The van der Waals surface area contributed by atoms with E-state index in [9.17, 15) is 14.7 Å². The first-order chi connectivity index (χ1) is 9.13. The number of rotatable bonds is 4. The fourth-order valence-corrected chi connectivity index (χ4v) is 2.34. The number of H-pyrrole nitrogens is 1. The summed E-state index contributed by atoms with van der Waals surface area (Å²) in [5.74, 6) is -0.926. The number of hydrogen-bond donors (Lipinski definition) is 2. The predicted molar refractivity (Wildman–Crippen MR) is 69.2 cm³/mol. The van der Waals surface area contributed by atoms with Crippen LogP contribution in [0.25, 0.3) is 0 Å². The maximum Gasteiger partial charge on any atom is 0.314 e. The molecular weight excluding hydrogens is 242 g/mol. The van der Waals surface area contributed by atoms with E-state index in [0.717, 1.165) is 5.56 Å². The van der Waals surface area contributed by atoms with Crippen molar-refractivity contribution in [1.29, 1.82) is 0 Å². The largest absolute Gasteiger partial charge is 0.481 e. The summed E-state index contributed by atoms with van der Waals surface area (Å²) in [6.07, 6.45) is 2.97. The van der Waals surface area contributed by atoms with Crippen molar-refractivity contribution in [3.05, 3.63) is 59.4 Å². The summed E-state index contributed by atoms with van der Waals surface area (Å²) in [7, 11) is 0. The van der Waals surface area contributed by atoms with Gasteiger partial charge in [-0.1, -0.05) is 18.2 Å². The molecule has 1 aliphatic carbocycles. The predicted octanol–water partition coefficient (Wildman–Crippen LogP) is 2.36. The second-order valence-corrected chi connectivity index (χ2v) is 4.88. The second kappa shape index (κ2) is 4.09. The Hall–Kier alpha value is -2.36. The molecule has 1 saturated carbocycles. The minimum Gasteiger partial charge on any atom is -0.481 e. The van der Waals surface area contributed by atoms with Crippen LogP contribution in [-0.2, 0) is 10.2 Å². The van der Waals surface area contributed by atoms with Crippen molar-refractivity contribution in [2.24, 2.45) is 0 Å². The van der Waals surface area contributed by atoms with Gasteiger partial charge in [-0.25, -0.2) is 0 Å². The molecule has 1 aromatic heterocycles. The zero-order valence-electron chi connectivity index (χ0n) is 10.2. The molecule has 0 saturated heterocycles. The zero-order valence-corrected chi connectivity index (χ0v) is 10.2. The van der Waals surface area contributed by atoms with Crippen molar-refractivity contribution in [2.75, 3.05) is 0 Å². The number of hydrogen-bond acceptors (Lipinski definition) is 2. The van der Waals surface area contributed by atoms with Crippen LogP contribution in [0.5, 0.6) is 0 Å². The van der Waals surface area contributed by atoms with Crippen LogP contribution < -0.4 is 0 Å². The molecule has 2 N–H and O–H groups in total. The van der Waals surface area contributed by atoms with E-state index in [4.69, 9.17) is 0 Å². The van der Waals surface area contributed by atoms with Crippen LogP contribution in [-0.4, -0.2) is 21.8 Å². The zero-order chi connectivity index (χ0) is 13.5. The Bertz CT molecular complexity index is 639. The van der Waals surface area contributed by atoms with E-state index >= 15 is 0 Å². The molecule has 3 rings (SSSR count). The standard InChI is InChI=1S/C15H13NO3/c17-13(12-5-2-8-16-12)10-3-1-4-11(9-10)15(6-7-15)14(18)19/h1-5,8-9,16H,6-7H2,(H,18,19). The van der Waals surface area contributed by atoms with Crippen LogP contribution in [0.15, 0.2) is 42.6 Å². The maximum absolute atomic E-state index is 12.2. The van der Waals surface area contributed by atoms with Gasteiger partial charge in [0.25, 0.3) is 0 Å².